The molecule has 1 fully saturated rings. The topological polar surface area (TPSA) is 75.6 Å². The van der Waals surface area contributed by atoms with E-state index in [9.17, 15) is 26.7 Å². The summed E-state index contributed by atoms with van der Waals surface area (Å²) in [5.74, 6) is -0.929. The zero-order chi connectivity index (χ0) is 15.7. The van der Waals surface area contributed by atoms with Crippen molar-refractivity contribution < 1.29 is 31.4 Å². The summed E-state index contributed by atoms with van der Waals surface area (Å²) in [5.41, 5.74) is -1.54. The molecule has 1 aliphatic rings. The molecule has 2 rings (SSSR count). The van der Waals surface area contributed by atoms with Crippen LogP contribution in [0.15, 0.2) is 18.2 Å². The highest BCUT2D eigenvalue weighted by molar-refractivity contribution is 7.92. The molecular weight excluding hydrogens is 311 g/mol. The van der Waals surface area contributed by atoms with Gasteiger partial charge in [0.1, 0.15) is 5.75 Å². The Morgan fingerprint density at radius 2 is 2.10 bits per heavy atom. The van der Waals surface area contributed by atoms with Gasteiger partial charge in [-0.05, 0) is 31.0 Å². The Balaban J connectivity index is 2.17. The Morgan fingerprint density at radius 3 is 2.67 bits per heavy atom. The fourth-order valence-electron chi connectivity index (χ4n) is 2.02. The lowest BCUT2D eigenvalue weighted by molar-refractivity contribution is -0.137. The van der Waals surface area contributed by atoms with E-state index in [0.29, 0.717) is 25.2 Å². The van der Waals surface area contributed by atoms with Crippen molar-refractivity contribution in [3.8, 4) is 5.75 Å². The summed E-state index contributed by atoms with van der Waals surface area (Å²) in [6, 6.07) is 2.03. The minimum Gasteiger partial charge on any atom is -0.506 e. The quantitative estimate of drug-likeness (QED) is 0.833. The van der Waals surface area contributed by atoms with Gasteiger partial charge in [-0.1, -0.05) is 0 Å². The third kappa shape index (κ3) is 4.24. The van der Waals surface area contributed by atoms with Gasteiger partial charge in [-0.2, -0.15) is 13.2 Å². The van der Waals surface area contributed by atoms with Gasteiger partial charge in [-0.25, -0.2) is 8.42 Å². The number of sulfonamides is 1. The first-order valence-corrected chi connectivity index (χ1v) is 7.85. The summed E-state index contributed by atoms with van der Waals surface area (Å²) < 4.78 is 68.7. The van der Waals surface area contributed by atoms with E-state index in [-0.39, 0.29) is 5.75 Å². The van der Waals surface area contributed by atoms with Crippen LogP contribution >= 0.6 is 0 Å². The molecule has 0 aromatic heterocycles. The molecule has 0 spiro atoms. The predicted molar refractivity (Wildman–Crippen MR) is 69.5 cm³/mol. The molecule has 1 aromatic carbocycles. The second kappa shape index (κ2) is 5.72. The maximum Gasteiger partial charge on any atom is 0.416 e. The smallest absolute Gasteiger partial charge is 0.416 e. The Bertz CT molecular complexity index is 609. The number of ether oxygens (including phenoxy) is 1. The fourth-order valence-corrected chi connectivity index (χ4v) is 3.36. The summed E-state index contributed by atoms with van der Waals surface area (Å²) in [6.45, 7) is 0.467. The van der Waals surface area contributed by atoms with E-state index in [4.69, 9.17) is 4.74 Å². The lowest BCUT2D eigenvalue weighted by Crippen LogP contribution is -2.25. The number of phenolic OH excluding ortho intramolecular Hbond substituents is 1. The van der Waals surface area contributed by atoms with Crippen LogP contribution in [-0.4, -0.2) is 32.0 Å². The van der Waals surface area contributed by atoms with Crippen molar-refractivity contribution >= 4 is 15.7 Å². The maximum atomic E-state index is 12.6. The van der Waals surface area contributed by atoms with Crippen LogP contribution < -0.4 is 4.72 Å². The first kappa shape index (κ1) is 15.9. The molecule has 1 saturated heterocycles. The number of benzene rings is 1. The molecule has 1 unspecified atom stereocenters. The monoisotopic (exact) mass is 325 g/mol. The lowest BCUT2D eigenvalue weighted by Gasteiger charge is -2.14. The predicted octanol–water partition coefficient (Wildman–Crippen LogP) is 2.33. The van der Waals surface area contributed by atoms with E-state index in [0.717, 1.165) is 12.5 Å². The highest BCUT2D eigenvalue weighted by Crippen LogP contribution is 2.34. The summed E-state index contributed by atoms with van der Waals surface area (Å²) in [7, 11) is -3.91. The molecule has 1 aliphatic heterocycles. The average Bonchev–Trinajstić information content (AvgIpc) is 2.82. The van der Waals surface area contributed by atoms with Crippen LogP contribution in [0.5, 0.6) is 5.75 Å². The normalized spacial score (nSPS) is 19.7. The third-order valence-electron chi connectivity index (χ3n) is 3.02. The van der Waals surface area contributed by atoms with Crippen LogP contribution in [0, 0.1) is 0 Å². The number of phenols is 1. The number of anilines is 1. The van der Waals surface area contributed by atoms with Gasteiger partial charge >= 0.3 is 6.18 Å². The molecule has 0 radical (unpaired) electrons. The van der Waals surface area contributed by atoms with Crippen LogP contribution in [0.1, 0.15) is 18.4 Å². The van der Waals surface area contributed by atoms with E-state index in [2.05, 4.69) is 0 Å². The van der Waals surface area contributed by atoms with Crippen molar-refractivity contribution in [2.45, 2.75) is 25.1 Å². The molecule has 21 heavy (non-hydrogen) atoms. The molecule has 9 heteroatoms. The number of rotatable bonds is 4. The minimum atomic E-state index is -4.62. The Kier molecular flexibility index (Phi) is 4.33. The van der Waals surface area contributed by atoms with Crippen molar-refractivity contribution in [3.05, 3.63) is 23.8 Å². The highest BCUT2D eigenvalue weighted by atomic mass is 32.2. The van der Waals surface area contributed by atoms with Gasteiger partial charge in [0.15, 0.2) is 0 Å². The summed E-state index contributed by atoms with van der Waals surface area (Å²) >= 11 is 0. The first-order chi connectivity index (χ1) is 9.67. The summed E-state index contributed by atoms with van der Waals surface area (Å²) in [6.07, 6.45) is -3.78. The van der Waals surface area contributed by atoms with Gasteiger partial charge in [0.2, 0.25) is 10.0 Å². The van der Waals surface area contributed by atoms with E-state index in [1.165, 1.54) is 0 Å². The Morgan fingerprint density at radius 1 is 1.38 bits per heavy atom. The second-order valence-corrected chi connectivity index (χ2v) is 6.52. The van der Waals surface area contributed by atoms with Crippen LogP contribution in [0.25, 0.3) is 0 Å². The fraction of sp³-hybridized carbons (Fsp3) is 0.500. The van der Waals surface area contributed by atoms with E-state index < -0.39 is 39.3 Å². The van der Waals surface area contributed by atoms with E-state index in [1.54, 1.807) is 0 Å². The van der Waals surface area contributed by atoms with Gasteiger partial charge in [-0.3, -0.25) is 4.72 Å². The van der Waals surface area contributed by atoms with Crippen molar-refractivity contribution in [1.82, 2.24) is 0 Å². The Labute approximate surface area is 119 Å². The molecule has 1 atom stereocenters. The number of aromatic hydroxyl groups is 1. The van der Waals surface area contributed by atoms with Crippen LogP contribution in [0.4, 0.5) is 18.9 Å². The molecule has 0 bridgehead atoms. The van der Waals surface area contributed by atoms with Crippen LogP contribution in [-0.2, 0) is 20.9 Å². The van der Waals surface area contributed by atoms with Gasteiger partial charge in [0, 0.05) is 6.61 Å². The van der Waals surface area contributed by atoms with Gasteiger partial charge in [0.25, 0.3) is 0 Å². The number of alkyl halides is 3. The summed E-state index contributed by atoms with van der Waals surface area (Å²) in [5, 5.41) is 9.50. The first-order valence-electron chi connectivity index (χ1n) is 6.20. The molecule has 0 amide bonds. The van der Waals surface area contributed by atoms with Gasteiger partial charge in [0.05, 0.1) is 23.1 Å². The zero-order valence-corrected chi connectivity index (χ0v) is 11.7. The van der Waals surface area contributed by atoms with Crippen molar-refractivity contribution in [2.75, 3.05) is 17.1 Å². The largest absolute Gasteiger partial charge is 0.506 e. The van der Waals surface area contributed by atoms with Crippen molar-refractivity contribution in [1.29, 1.82) is 0 Å². The molecule has 2 N–H and O–H groups in total. The SMILES string of the molecule is O=S(=O)(CC1CCCO1)Nc1cc(C(F)(F)F)ccc1O. The molecule has 118 valence electrons. The van der Waals surface area contributed by atoms with Crippen molar-refractivity contribution in [3.63, 3.8) is 0 Å². The van der Waals surface area contributed by atoms with Gasteiger partial charge in [-0.15, -0.1) is 0 Å². The zero-order valence-electron chi connectivity index (χ0n) is 10.9. The van der Waals surface area contributed by atoms with Crippen LogP contribution in [0.2, 0.25) is 0 Å². The standard InChI is InChI=1S/C12H14F3NO4S/c13-12(14,15)8-3-4-11(17)10(6-8)16-21(18,19)7-9-2-1-5-20-9/h3-4,6,9,16-17H,1-2,5,7H2. The number of hydrogen-bond donors (Lipinski definition) is 2. The molecule has 1 aromatic rings. The number of halogens is 3. The third-order valence-corrected chi connectivity index (χ3v) is 4.36. The Hall–Kier alpha value is -1.48. The van der Waals surface area contributed by atoms with E-state index >= 15 is 0 Å². The highest BCUT2D eigenvalue weighted by Gasteiger charge is 2.32. The van der Waals surface area contributed by atoms with E-state index in [1.807, 2.05) is 4.72 Å². The molecule has 5 nitrogen and oxygen atoms in total. The maximum absolute atomic E-state index is 12.6. The molecular formula is C12H14F3NO4S. The average molecular weight is 325 g/mol. The molecule has 0 aliphatic carbocycles. The van der Waals surface area contributed by atoms with Crippen LogP contribution in [0.3, 0.4) is 0 Å². The van der Waals surface area contributed by atoms with Crippen molar-refractivity contribution in [2.24, 2.45) is 0 Å². The second-order valence-electron chi connectivity index (χ2n) is 4.75. The lowest BCUT2D eigenvalue weighted by atomic mass is 10.2. The van der Waals surface area contributed by atoms with Gasteiger partial charge < -0.3 is 9.84 Å². The summed E-state index contributed by atoms with van der Waals surface area (Å²) in [4.78, 5) is 0. The molecule has 1 heterocycles. The number of nitrogens with one attached hydrogen (secondary N) is 1. The molecule has 0 saturated carbocycles. The minimum absolute atomic E-state index is 0.358. The number of hydrogen-bond acceptors (Lipinski definition) is 4.